The van der Waals surface area contributed by atoms with Crippen LogP contribution in [0.5, 0.6) is 11.8 Å². The number of likely N-dealkylation sites (tertiary alicyclic amines) is 1. The maximum absolute atomic E-state index is 12.8. The van der Waals surface area contributed by atoms with E-state index in [1.807, 2.05) is 24.3 Å². The van der Waals surface area contributed by atoms with E-state index >= 15 is 0 Å². The van der Waals surface area contributed by atoms with Crippen molar-refractivity contribution in [1.29, 1.82) is 0 Å². The molecule has 1 saturated heterocycles. The van der Waals surface area contributed by atoms with Crippen LogP contribution < -0.4 is 9.47 Å². The van der Waals surface area contributed by atoms with Gasteiger partial charge in [0.1, 0.15) is 11.9 Å². The molecular formula is C18H20FN3O3. The topological polar surface area (TPSA) is 64.5 Å². The van der Waals surface area contributed by atoms with Crippen molar-refractivity contribution in [3.8, 4) is 11.8 Å². The minimum Gasteiger partial charge on any atom is -0.497 e. The van der Waals surface area contributed by atoms with Crippen molar-refractivity contribution >= 4 is 5.91 Å². The number of hydrogen-bond acceptors (Lipinski definition) is 5. The first-order valence-corrected chi connectivity index (χ1v) is 8.19. The van der Waals surface area contributed by atoms with Gasteiger partial charge in [0.15, 0.2) is 5.82 Å². The predicted molar refractivity (Wildman–Crippen MR) is 88.9 cm³/mol. The van der Waals surface area contributed by atoms with E-state index in [0.29, 0.717) is 19.5 Å². The van der Waals surface area contributed by atoms with Gasteiger partial charge in [-0.2, -0.15) is 0 Å². The van der Waals surface area contributed by atoms with Gasteiger partial charge in [-0.1, -0.05) is 12.1 Å². The van der Waals surface area contributed by atoms with Crippen molar-refractivity contribution < 1.29 is 18.7 Å². The minimum atomic E-state index is -0.507. The molecule has 1 aromatic carbocycles. The van der Waals surface area contributed by atoms with Crippen LogP contribution in [0.2, 0.25) is 0 Å². The van der Waals surface area contributed by atoms with Gasteiger partial charge < -0.3 is 14.4 Å². The molecule has 3 rings (SSSR count). The summed E-state index contributed by atoms with van der Waals surface area (Å²) in [5.41, 5.74) is 0.940. The van der Waals surface area contributed by atoms with Crippen LogP contribution in [-0.4, -0.2) is 47.1 Å². The SMILES string of the molecule is COc1ccc(CC(=O)N2CCCC(Oc3ncc(F)cn3)C2)cc1. The second-order valence-electron chi connectivity index (χ2n) is 5.93. The highest BCUT2D eigenvalue weighted by atomic mass is 19.1. The fourth-order valence-corrected chi connectivity index (χ4v) is 2.80. The number of ether oxygens (including phenoxy) is 2. The predicted octanol–water partition coefficient (Wildman–Crippen LogP) is 2.24. The summed E-state index contributed by atoms with van der Waals surface area (Å²) in [7, 11) is 1.61. The Labute approximate surface area is 145 Å². The van der Waals surface area contributed by atoms with Crippen LogP contribution in [0.15, 0.2) is 36.7 Å². The molecule has 0 saturated carbocycles. The third kappa shape index (κ3) is 4.65. The number of carbonyl (C=O) groups excluding carboxylic acids is 1. The number of piperidine rings is 1. The van der Waals surface area contributed by atoms with Gasteiger partial charge in [-0.15, -0.1) is 0 Å². The molecule has 0 bridgehead atoms. The van der Waals surface area contributed by atoms with Gasteiger partial charge in [0, 0.05) is 6.54 Å². The monoisotopic (exact) mass is 345 g/mol. The van der Waals surface area contributed by atoms with Crippen LogP contribution in [0.1, 0.15) is 18.4 Å². The molecule has 0 N–H and O–H groups in total. The molecule has 2 aromatic rings. The molecule has 0 spiro atoms. The number of aromatic nitrogens is 2. The molecule has 0 aliphatic carbocycles. The van der Waals surface area contributed by atoms with Crippen molar-refractivity contribution in [2.75, 3.05) is 20.2 Å². The largest absolute Gasteiger partial charge is 0.497 e. The Bertz CT molecular complexity index is 707. The molecule has 1 fully saturated rings. The second-order valence-corrected chi connectivity index (χ2v) is 5.93. The van der Waals surface area contributed by atoms with E-state index in [1.165, 1.54) is 0 Å². The fraction of sp³-hybridized carbons (Fsp3) is 0.389. The number of rotatable bonds is 5. The van der Waals surface area contributed by atoms with Crippen LogP contribution >= 0.6 is 0 Å². The first kappa shape index (κ1) is 17.1. The number of hydrogen-bond donors (Lipinski definition) is 0. The van der Waals surface area contributed by atoms with E-state index in [1.54, 1.807) is 12.0 Å². The Morgan fingerprint density at radius 3 is 2.68 bits per heavy atom. The number of benzene rings is 1. The molecule has 1 atom stereocenters. The summed E-state index contributed by atoms with van der Waals surface area (Å²) < 4.78 is 23.6. The highest BCUT2D eigenvalue weighted by molar-refractivity contribution is 5.79. The first-order chi connectivity index (χ1) is 12.1. The third-order valence-corrected chi connectivity index (χ3v) is 4.11. The van der Waals surface area contributed by atoms with E-state index in [-0.39, 0.29) is 18.0 Å². The summed E-state index contributed by atoms with van der Waals surface area (Å²) >= 11 is 0. The van der Waals surface area contributed by atoms with Crippen LogP contribution in [0.4, 0.5) is 4.39 Å². The lowest BCUT2D eigenvalue weighted by atomic mass is 10.1. The molecule has 1 aliphatic heterocycles. The van der Waals surface area contributed by atoms with E-state index < -0.39 is 5.82 Å². The Hall–Kier alpha value is -2.70. The average molecular weight is 345 g/mol. The molecule has 1 aromatic heterocycles. The summed E-state index contributed by atoms with van der Waals surface area (Å²) in [5.74, 6) is 0.313. The summed E-state index contributed by atoms with van der Waals surface area (Å²) in [6, 6.07) is 7.60. The van der Waals surface area contributed by atoms with Gasteiger partial charge in [-0.25, -0.2) is 14.4 Å². The minimum absolute atomic E-state index is 0.0542. The number of methoxy groups -OCH3 is 1. The van der Waals surface area contributed by atoms with Crippen molar-refractivity contribution in [1.82, 2.24) is 14.9 Å². The molecule has 132 valence electrons. The molecule has 1 unspecified atom stereocenters. The van der Waals surface area contributed by atoms with Gasteiger partial charge in [-0.05, 0) is 30.5 Å². The van der Waals surface area contributed by atoms with E-state index in [9.17, 15) is 9.18 Å². The second kappa shape index (κ2) is 7.92. The number of halogens is 1. The van der Waals surface area contributed by atoms with Gasteiger partial charge in [-0.3, -0.25) is 4.79 Å². The highest BCUT2D eigenvalue weighted by Gasteiger charge is 2.25. The quantitative estimate of drug-likeness (QED) is 0.831. The Morgan fingerprint density at radius 1 is 1.28 bits per heavy atom. The van der Waals surface area contributed by atoms with E-state index in [0.717, 1.165) is 36.5 Å². The lowest BCUT2D eigenvalue weighted by Crippen LogP contribution is -2.45. The van der Waals surface area contributed by atoms with Crippen molar-refractivity contribution in [2.24, 2.45) is 0 Å². The van der Waals surface area contributed by atoms with E-state index in [2.05, 4.69) is 9.97 Å². The number of amides is 1. The molecule has 0 radical (unpaired) electrons. The zero-order valence-electron chi connectivity index (χ0n) is 14.0. The zero-order chi connectivity index (χ0) is 17.6. The van der Waals surface area contributed by atoms with Crippen LogP contribution in [-0.2, 0) is 11.2 Å². The van der Waals surface area contributed by atoms with Crippen molar-refractivity contribution in [3.05, 3.63) is 48.0 Å². The van der Waals surface area contributed by atoms with Gasteiger partial charge in [0.2, 0.25) is 5.91 Å². The van der Waals surface area contributed by atoms with Crippen molar-refractivity contribution in [2.45, 2.75) is 25.4 Å². The zero-order valence-corrected chi connectivity index (χ0v) is 14.0. The molecule has 1 aliphatic rings. The molecular weight excluding hydrogens is 325 g/mol. The summed E-state index contributed by atoms with van der Waals surface area (Å²) in [5, 5.41) is 0. The van der Waals surface area contributed by atoms with Crippen molar-refractivity contribution in [3.63, 3.8) is 0 Å². The van der Waals surface area contributed by atoms with Gasteiger partial charge in [0.25, 0.3) is 0 Å². The lowest BCUT2D eigenvalue weighted by Gasteiger charge is -2.32. The molecule has 1 amide bonds. The number of nitrogens with zero attached hydrogens (tertiary/aromatic N) is 3. The smallest absolute Gasteiger partial charge is 0.316 e. The number of carbonyl (C=O) groups is 1. The van der Waals surface area contributed by atoms with Gasteiger partial charge in [0.05, 0.1) is 32.5 Å². The standard InChI is InChI=1S/C18H20FN3O3/c1-24-15-6-4-13(5-7-15)9-17(23)22-8-2-3-16(12-22)25-18-20-10-14(19)11-21-18/h4-7,10-11,16H,2-3,8-9,12H2,1H3. The Kier molecular flexibility index (Phi) is 5.42. The third-order valence-electron chi connectivity index (χ3n) is 4.11. The average Bonchev–Trinajstić information content (AvgIpc) is 2.64. The molecule has 7 heteroatoms. The van der Waals surface area contributed by atoms with Crippen LogP contribution in [0, 0.1) is 5.82 Å². The summed E-state index contributed by atoms with van der Waals surface area (Å²) in [4.78, 5) is 21.9. The maximum Gasteiger partial charge on any atom is 0.316 e. The Balaban J connectivity index is 1.56. The first-order valence-electron chi connectivity index (χ1n) is 8.19. The highest BCUT2D eigenvalue weighted by Crippen LogP contribution is 2.17. The van der Waals surface area contributed by atoms with Gasteiger partial charge >= 0.3 is 6.01 Å². The lowest BCUT2D eigenvalue weighted by molar-refractivity contribution is -0.133. The molecule has 6 nitrogen and oxygen atoms in total. The fourth-order valence-electron chi connectivity index (χ4n) is 2.80. The summed E-state index contributed by atoms with van der Waals surface area (Å²) in [6.45, 7) is 1.19. The molecule has 25 heavy (non-hydrogen) atoms. The normalized spacial score (nSPS) is 17.2. The Morgan fingerprint density at radius 2 is 2.00 bits per heavy atom. The summed E-state index contributed by atoms with van der Waals surface area (Å²) in [6.07, 6.45) is 3.95. The van der Waals surface area contributed by atoms with Crippen LogP contribution in [0.25, 0.3) is 0 Å². The molecule has 2 heterocycles. The van der Waals surface area contributed by atoms with E-state index in [4.69, 9.17) is 9.47 Å². The van der Waals surface area contributed by atoms with Crippen LogP contribution in [0.3, 0.4) is 0 Å². The maximum atomic E-state index is 12.8.